The third-order valence-corrected chi connectivity index (χ3v) is 4.42. The molecule has 0 amide bonds. The Morgan fingerprint density at radius 2 is 2.05 bits per heavy atom. The van der Waals surface area contributed by atoms with E-state index in [2.05, 4.69) is 37.1 Å². The number of likely N-dealkylation sites (tertiary alicyclic amines) is 1. The van der Waals surface area contributed by atoms with E-state index in [9.17, 15) is 5.26 Å². The quantitative estimate of drug-likeness (QED) is 0.722. The van der Waals surface area contributed by atoms with Crippen molar-refractivity contribution in [3.63, 3.8) is 0 Å². The summed E-state index contributed by atoms with van der Waals surface area (Å²) in [6, 6.07) is 3.55. The first-order chi connectivity index (χ1) is 9.47. The second-order valence-corrected chi connectivity index (χ2v) is 6.93. The molecule has 1 aliphatic heterocycles. The molecule has 0 saturated carbocycles. The molecule has 3 heteroatoms. The van der Waals surface area contributed by atoms with Gasteiger partial charge in [0.15, 0.2) is 0 Å². The fourth-order valence-corrected chi connectivity index (χ4v) is 3.26. The largest absolute Gasteiger partial charge is 0.301 e. The second kappa shape index (κ2) is 8.64. The highest BCUT2D eigenvalue weighted by Gasteiger charge is 2.24. The summed E-state index contributed by atoms with van der Waals surface area (Å²) >= 11 is 0. The lowest BCUT2D eigenvalue weighted by Gasteiger charge is -2.28. The van der Waals surface area contributed by atoms with Crippen LogP contribution in [-0.2, 0) is 0 Å². The second-order valence-electron chi connectivity index (χ2n) is 6.93. The minimum Gasteiger partial charge on any atom is -0.301 e. The van der Waals surface area contributed by atoms with Crippen molar-refractivity contribution >= 4 is 0 Å². The van der Waals surface area contributed by atoms with Gasteiger partial charge in [-0.3, -0.25) is 5.32 Å². The Balaban J connectivity index is 2.27. The van der Waals surface area contributed by atoms with Crippen molar-refractivity contribution in [1.82, 2.24) is 10.2 Å². The number of hydrogen-bond acceptors (Lipinski definition) is 3. The molecule has 116 valence electrons. The summed E-state index contributed by atoms with van der Waals surface area (Å²) in [5.41, 5.74) is -0.363. The Labute approximate surface area is 125 Å². The molecule has 0 aromatic heterocycles. The first kappa shape index (κ1) is 17.5. The molecule has 0 aromatic carbocycles. The van der Waals surface area contributed by atoms with E-state index < -0.39 is 0 Å². The summed E-state index contributed by atoms with van der Waals surface area (Å²) in [5.74, 6) is 0. The van der Waals surface area contributed by atoms with E-state index in [0.717, 1.165) is 18.9 Å². The Kier molecular flexibility index (Phi) is 7.55. The van der Waals surface area contributed by atoms with Crippen molar-refractivity contribution in [1.29, 1.82) is 5.26 Å². The van der Waals surface area contributed by atoms with Gasteiger partial charge < -0.3 is 4.90 Å². The predicted octanol–water partition coefficient (Wildman–Crippen LogP) is 3.70. The number of hydrogen-bond donors (Lipinski definition) is 1. The number of nitrogens with one attached hydrogen (secondary N) is 1. The van der Waals surface area contributed by atoms with Gasteiger partial charge in [-0.05, 0) is 72.9 Å². The SMILES string of the molecule is CC(C)NC(C)(C#N)CCCCN1CCCCCC1C. The fraction of sp³-hybridized carbons (Fsp3) is 0.941. The molecule has 1 saturated heterocycles. The zero-order chi connectivity index (χ0) is 15.0. The van der Waals surface area contributed by atoms with Crippen LogP contribution < -0.4 is 5.32 Å². The Bertz CT molecular complexity index is 308. The van der Waals surface area contributed by atoms with E-state index in [1.54, 1.807) is 0 Å². The van der Waals surface area contributed by atoms with E-state index in [1.165, 1.54) is 45.2 Å². The van der Waals surface area contributed by atoms with Crippen molar-refractivity contribution in [3.8, 4) is 6.07 Å². The van der Waals surface area contributed by atoms with Gasteiger partial charge in [0.25, 0.3) is 0 Å². The normalized spacial score (nSPS) is 24.1. The van der Waals surface area contributed by atoms with Gasteiger partial charge >= 0.3 is 0 Å². The first-order valence-electron chi connectivity index (χ1n) is 8.40. The van der Waals surface area contributed by atoms with Crippen LogP contribution in [0.15, 0.2) is 0 Å². The Morgan fingerprint density at radius 1 is 1.30 bits per heavy atom. The van der Waals surface area contributed by atoms with Gasteiger partial charge in [-0.15, -0.1) is 0 Å². The number of nitrogens with zero attached hydrogens (tertiary/aromatic N) is 2. The van der Waals surface area contributed by atoms with Gasteiger partial charge in [-0.2, -0.15) is 5.26 Å². The third kappa shape index (κ3) is 6.24. The lowest BCUT2D eigenvalue weighted by atomic mass is 9.95. The maximum atomic E-state index is 9.34. The van der Waals surface area contributed by atoms with E-state index in [-0.39, 0.29) is 5.54 Å². The molecule has 20 heavy (non-hydrogen) atoms. The molecule has 1 aliphatic rings. The van der Waals surface area contributed by atoms with E-state index in [0.29, 0.717) is 6.04 Å². The van der Waals surface area contributed by atoms with Gasteiger partial charge in [0.1, 0.15) is 5.54 Å². The van der Waals surface area contributed by atoms with E-state index in [4.69, 9.17) is 0 Å². The van der Waals surface area contributed by atoms with Crippen LogP contribution in [0.5, 0.6) is 0 Å². The molecular weight excluding hydrogens is 246 g/mol. The standard InChI is InChI=1S/C17H33N3/c1-15(2)19-17(4,14-18)11-7-9-13-20-12-8-5-6-10-16(20)3/h15-16,19H,5-13H2,1-4H3. The molecule has 0 radical (unpaired) electrons. The number of nitriles is 1. The summed E-state index contributed by atoms with van der Waals surface area (Å²) < 4.78 is 0. The van der Waals surface area contributed by atoms with E-state index >= 15 is 0 Å². The molecule has 1 N–H and O–H groups in total. The number of unbranched alkanes of at least 4 members (excludes halogenated alkanes) is 1. The molecule has 1 heterocycles. The lowest BCUT2D eigenvalue weighted by molar-refractivity contribution is 0.206. The van der Waals surface area contributed by atoms with Crippen molar-refractivity contribution in [3.05, 3.63) is 0 Å². The molecule has 2 unspecified atom stereocenters. The molecule has 3 nitrogen and oxygen atoms in total. The highest BCUT2D eigenvalue weighted by atomic mass is 15.1. The van der Waals surface area contributed by atoms with Gasteiger partial charge in [0.05, 0.1) is 6.07 Å². The van der Waals surface area contributed by atoms with Gasteiger partial charge in [-0.1, -0.05) is 12.8 Å². The van der Waals surface area contributed by atoms with Crippen LogP contribution in [0.2, 0.25) is 0 Å². The number of rotatable bonds is 7. The predicted molar refractivity (Wildman–Crippen MR) is 85.6 cm³/mol. The summed E-state index contributed by atoms with van der Waals surface area (Å²) in [6.45, 7) is 11.1. The van der Waals surface area contributed by atoms with Crippen LogP contribution in [-0.4, -0.2) is 35.6 Å². The third-order valence-electron chi connectivity index (χ3n) is 4.42. The maximum absolute atomic E-state index is 9.34. The summed E-state index contributed by atoms with van der Waals surface area (Å²) in [4.78, 5) is 2.65. The Morgan fingerprint density at radius 3 is 2.70 bits per heavy atom. The minimum absolute atomic E-state index is 0.363. The zero-order valence-corrected chi connectivity index (χ0v) is 13.9. The van der Waals surface area contributed by atoms with Crippen LogP contribution in [0, 0.1) is 11.3 Å². The van der Waals surface area contributed by atoms with Crippen LogP contribution >= 0.6 is 0 Å². The molecule has 2 atom stereocenters. The maximum Gasteiger partial charge on any atom is 0.104 e. The molecule has 0 bridgehead atoms. The molecule has 1 fully saturated rings. The average molecular weight is 279 g/mol. The smallest absolute Gasteiger partial charge is 0.104 e. The fourth-order valence-electron chi connectivity index (χ4n) is 3.26. The minimum atomic E-state index is -0.363. The zero-order valence-electron chi connectivity index (χ0n) is 13.9. The van der Waals surface area contributed by atoms with Crippen LogP contribution in [0.1, 0.15) is 72.6 Å². The highest BCUT2D eigenvalue weighted by Crippen LogP contribution is 2.18. The van der Waals surface area contributed by atoms with Crippen LogP contribution in [0.3, 0.4) is 0 Å². The Hall–Kier alpha value is -0.590. The summed E-state index contributed by atoms with van der Waals surface area (Å²) in [6.07, 6.45) is 8.78. The van der Waals surface area contributed by atoms with Gasteiger partial charge in [-0.25, -0.2) is 0 Å². The molecule has 0 aromatic rings. The molecule has 1 rings (SSSR count). The molecular formula is C17H33N3. The monoisotopic (exact) mass is 279 g/mol. The first-order valence-corrected chi connectivity index (χ1v) is 8.40. The summed E-state index contributed by atoms with van der Waals surface area (Å²) in [7, 11) is 0. The molecule has 0 aliphatic carbocycles. The highest BCUT2D eigenvalue weighted by molar-refractivity contribution is 5.04. The molecule has 0 spiro atoms. The summed E-state index contributed by atoms with van der Waals surface area (Å²) in [5, 5.41) is 12.7. The van der Waals surface area contributed by atoms with Crippen molar-refractivity contribution in [2.75, 3.05) is 13.1 Å². The lowest BCUT2D eigenvalue weighted by Crippen LogP contribution is -2.45. The topological polar surface area (TPSA) is 39.1 Å². The van der Waals surface area contributed by atoms with E-state index in [1.807, 2.05) is 6.92 Å². The van der Waals surface area contributed by atoms with Crippen LogP contribution in [0.25, 0.3) is 0 Å². The van der Waals surface area contributed by atoms with Crippen molar-refractivity contribution in [2.24, 2.45) is 0 Å². The average Bonchev–Trinajstić information content (AvgIpc) is 2.59. The van der Waals surface area contributed by atoms with Crippen molar-refractivity contribution < 1.29 is 0 Å². The van der Waals surface area contributed by atoms with Gasteiger partial charge in [0, 0.05) is 12.1 Å². The van der Waals surface area contributed by atoms with Crippen LogP contribution in [0.4, 0.5) is 0 Å². The van der Waals surface area contributed by atoms with Crippen molar-refractivity contribution in [2.45, 2.75) is 90.3 Å². The van der Waals surface area contributed by atoms with Gasteiger partial charge in [0.2, 0.25) is 0 Å².